The summed E-state index contributed by atoms with van der Waals surface area (Å²) >= 11 is 6.42. The molecule has 0 bridgehead atoms. The lowest BCUT2D eigenvalue weighted by Crippen LogP contribution is -2.23. The Kier molecular flexibility index (Phi) is 5.97. The number of hydrogen-bond acceptors (Lipinski definition) is 0. The number of unbranched alkanes of at least 4 members (excludes halogenated alkanes) is 1. The van der Waals surface area contributed by atoms with Crippen LogP contribution in [0, 0.1) is 0 Å². The van der Waals surface area contributed by atoms with E-state index >= 15 is 0 Å². The quantitative estimate of drug-likeness (QED) is 0.437. The Hall–Kier alpha value is 0.247. The van der Waals surface area contributed by atoms with Gasteiger partial charge in [0.2, 0.25) is 0 Å². The molecule has 0 fully saturated rings. The van der Waals surface area contributed by atoms with Crippen LogP contribution in [-0.4, -0.2) is 7.38 Å². The maximum atomic E-state index is 6.42. The summed E-state index contributed by atoms with van der Waals surface area (Å²) in [5.41, 5.74) is 2.04. The standard InChI is InChI=1S/C9H19ClSi/c1-4-7-9-11(10,6-3)8-5-2/h6H,3-5,7-9H2,1-2H3. The molecule has 0 saturated carbocycles. The molecule has 0 aromatic heterocycles. The van der Waals surface area contributed by atoms with Crippen molar-refractivity contribution >= 4 is 18.5 Å². The van der Waals surface area contributed by atoms with Gasteiger partial charge in [0.25, 0.3) is 0 Å². The lowest BCUT2D eigenvalue weighted by atomic mass is 10.4. The second-order valence-electron chi connectivity index (χ2n) is 3.09. The highest BCUT2D eigenvalue weighted by atomic mass is 35.6. The van der Waals surface area contributed by atoms with Crippen LogP contribution in [0.2, 0.25) is 12.1 Å². The molecule has 66 valence electrons. The fraction of sp³-hybridized carbons (Fsp3) is 0.778. The van der Waals surface area contributed by atoms with E-state index < -0.39 is 7.38 Å². The van der Waals surface area contributed by atoms with Gasteiger partial charge in [-0.3, -0.25) is 0 Å². The highest BCUT2D eigenvalue weighted by Gasteiger charge is 2.24. The molecule has 0 rings (SSSR count). The highest BCUT2D eigenvalue weighted by Crippen LogP contribution is 2.25. The molecular formula is C9H19ClSi. The average molecular weight is 191 g/mol. The summed E-state index contributed by atoms with van der Waals surface area (Å²) < 4.78 is 0. The van der Waals surface area contributed by atoms with Gasteiger partial charge in [-0.2, -0.15) is 11.1 Å². The van der Waals surface area contributed by atoms with Gasteiger partial charge in [-0.25, -0.2) is 0 Å². The fourth-order valence-electron chi connectivity index (χ4n) is 1.22. The first-order chi connectivity index (χ1) is 5.18. The molecule has 0 heterocycles. The molecule has 0 aliphatic rings. The summed E-state index contributed by atoms with van der Waals surface area (Å²) in [6, 6.07) is 2.40. The van der Waals surface area contributed by atoms with Gasteiger partial charge in [0.05, 0.1) is 0 Å². The van der Waals surface area contributed by atoms with Gasteiger partial charge in [0.1, 0.15) is 0 Å². The average Bonchev–Trinajstić information content (AvgIpc) is 2.02. The molecule has 0 aromatic rings. The summed E-state index contributed by atoms with van der Waals surface area (Å²) in [4.78, 5) is 0. The molecule has 0 N–H and O–H groups in total. The molecule has 2 heteroatoms. The molecule has 0 aromatic carbocycles. The van der Waals surface area contributed by atoms with E-state index in [2.05, 4.69) is 20.4 Å². The van der Waals surface area contributed by atoms with Crippen molar-refractivity contribution in [3.8, 4) is 0 Å². The molecule has 0 spiro atoms. The minimum absolute atomic E-state index is 1.19. The van der Waals surface area contributed by atoms with Crippen molar-refractivity contribution < 1.29 is 0 Å². The summed E-state index contributed by atoms with van der Waals surface area (Å²) in [7, 11) is -1.51. The third-order valence-corrected chi connectivity index (χ3v) is 6.82. The van der Waals surface area contributed by atoms with Gasteiger partial charge < -0.3 is 0 Å². The number of rotatable bonds is 6. The van der Waals surface area contributed by atoms with Crippen molar-refractivity contribution in [2.24, 2.45) is 0 Å². The minimum atomic E-state index is -1.51. The normalized spacial score (nSPS) is 15.9. The van der Waals surface area contributed by atoms with Crippen molar-refractivity contribution in [1.29, 1.82) is 0 Å². The molecule has 0 saturated heterocycles. The molecule has 0 nitrogen and oxygen atoms in total. The van der Waals surface area contributed by atoms with E-state index in [1.165, 1.54) is 31.4 Å². The van der Waals surface area contributed by atoms with Crippen LogP contribution in [0.25, 0.3) is 0 Å². The number of hydrogen-bond donors (Lipinski definition) is 0. The van der Waals surface area contributed by atoms with Gasteiger partial charge in [0, 0.05) is 0 Å². The van der Waals surface area contributed by atoms with Crippen molar-refractivity contribution in [2.45, 2.75) is 45.2 Å². The van der Waals surface area contributed by atoms with Gasteiger partial charge in [-0.1, -0.05) is 38.8 Å². The van der Waals surface area contributed by atoms with Crippen molar-refractivity contribution in [2.75, 3.05) is 0 Å². The van der Waals surface area contributed by atoms with Crippen LogP contribution >= 0.6 is 11.1 Å². The van der Waals surface area contributed by atoms with Gasteiger partial charge >= 0.3 is 0 Å². The first-order valence-electron chi connectivity index (χ1n) is 4.51. The van der Waals surface area contributed by atoms with Crippen LogP contribution in [0.4, 0.5) is 0 Å². The molecule has 0 radical (unpaired) electrons. The Morgan fingerprint density at radius 1 is 1.27 bits per heavy atom. The first kappa shape index (κ1) is 11.2. The maximum Gasteiger partial charge on any atom is 0.179 e. The minimum Gasteiger partial charge on any atom is -0.162 e. The molecule has 1 atom stereocenters. The van der Waals surface area contributed by atoms with Crippen molar-refractivity contribution in [1.82, 2.24) is 0 Å². The summed E-state index contributed by atoms with van der Waals surface area (Å²) in [6.45, 7) is 8.24. The van der Waals surface area contributed by atoms with Crippen LogP contribution < -0.4 is 0 Å². The van der Waals surface area contributed by atoms with E-state index in [1.54, 1.807) is 0 Å². The molecule has 11 heavy (non-hydrogen) atoms. The van der Waals surface area contributed by atoms with Gasteiger partial charge in [-0.15, -0.1) is 6.58 Å². The predicted octanol–water partition coefficient (Wildman–Crippen LogP) is 4.11. The first-order valence-corrected chi connectivity index (χ1v) is 8.01. The van der Waals surface area contributed by atoms with E-state index in [9.17, 15) is 0 Å². The van der Waals surface area contributed by atoms with Gasteiger partial charge in [-0.05, 0) is 12.1 Å². The van der Waals surface area contributed by atoms with Crippen molar-refractivity contribution in [3.05, 3.63) is 12.3 Å². The number of halogens is 1. The zero-order chi connectivity index (χ0) is 8.74. The monoisotopic (exact) mass is 190 g/mol. The van der Waals surface area contributed by atoms with Crippen LogP contribution in [0.15, 0.2) is 12.3 Å². The third kappa shape index (κ3) is 4.65. The third-order valence-electron chi connectivity index (χ3n) is 1.98. The second-order valence-corrected chi connectivity index (χ2v) is 8.83. The topological polar surface area (TPSA) is 0 Å². The van der Waals surface area contributed by atoms with Crippen LogP contribution in [0.1, 0.15) is 33.1 Å². The Morgan fingerprint density at radius 3 is 2.27 bits per heavy atom. The van der Waals surface area contributed by atoms with Gasteiger partial charge in [0.15, 0.2) is 7.38 Å². The zero-order valence-electron chi connectivity index (χ0n) is 7.70. The van der Waals surface area contributed by atoms with E-state index in [0.29, 0.717) is 0 Å². The second kappa shape index (κ2) is 5.84. The lowest BCUT2D eigenvalue weighted by molar-refractivity contribution is 0.866. The van der Waals surface area contributed by atoms with Crippen molar-refractivity contribution in [3.63, 3.8) is 0 Å². The fourth-order valence-corrected chi connectivity index (χ4v) is 4.61. The molecular weight excluding hydrogens is 172 g/mol. The summed E-state index contributed by atoms with van der Waals surface area (Å²) in [6.07, 6.45) is 3.71. The largest absolute Gasteiger partial charge is 0.179 e. The van der Waals surface area contributed by atoms with E-state index in [4.69, 9.17) is 11.1 Å². The maximum absolute atomic E-state index is 6.42. The zero-order valence-corrected chi connectivity index (χ0v) is 9.45. The summed E-state index contributed by atoms with van der Waals surface area (Å²) in [5, 5.41) is 0. The SMILES string of the molecule is C=C[Si](Cl)(CCC)CCCC. The highest BCUT2D eigenvalue weighted by molar-refractivity contribution is 7.23. The summed E-state index contributed by atoms with van der Waals surface area (Å²) in [5.74, 6) is 0. The van der Waals surface area contributed by atoms with E-state index in [1.807, 2.05) is 5.70 Å². The Morgan fingerprint density at radius 2 is 1.91 bits per heavy atom. The lowest BCUT2D eigenvalue weighted by Gasteiger charge is -2.18. The molecule has 0 amide bonds. The van der Waals surface area contributed by atoms with Crippen LogP contribution in [0.5, 0.6) is 0 Å². The Bertz CT molecular complexity index is 114. The van der Waals surface area contributed by atoms with Crippen LogP contribution in [0.3, 0.4) is 0 Å². The smallest absolute Gasteiger partial charge is 0.162 e. The Balaban J connectivity index is 3.77. The van der Waals surface area contributed by atoms with E-state index in [-0.39, 0.29) is 0 Å². The van der Waals surface area contributed by atoms with E-state index in [0.717, 1.165) is 0 Å². The van der Waals surface area contributed by atoms with Crippen LogP contribution in [-0.2, 0) is 0 Å². The molecule has 0 aliphatic carbocycles. The molecule has 0 aliphatic heterocycles. The molecule has 1 unspecified atom stereocenters. The predicted molar refractivity (Wildman–Crippen MR) is 56.6 cm³/mol. The Labute approximate surface area is 76.4 Å².